The Morgan fingerprint density at radius 1 is 1.08 bits per heavy atom. The van der Waals surface area contributed by atoms with Gasteiger partial charge >= 0.3 is 14.8 Å². The maximum absolute atomic E-state index is 12.3. The first-order valence-electron chi connectivity index (χ1n) is 12.0. The summed E-state index contributed by atoms with van der Waals surface area (Å²) in [5, 5.41) is 1.12. The van der Waals surface area contributed by atoms with Crippen molar-refractivity contribution in [2.45, 2.75) is 32.7 Å². The molecule has 1 heterocycles. The van der Waals surface area contributed by atoms with Crippen molar-refractivity contribution in [1.29, 1.82) is 0 Å². The Morgan fingerprint density at radius 3 is 2.21 bits per heavy atom. The summed E-state index contributed by atoms with van der Waals surface area (Å²) in [4.78, 5) is 17.9. The quantitative estimate of drug-likeness (QED) is 0.130. The highest BCUT2D eigenvalue weighted by Gasteiger charge is 2.36. The van der Waals surface area contributed by atoms with Gasteiger partial charge in [-0.3, -0.25) is 4.57 Å². The Balaban J connectivity index is 0.000000420. The number of halogens is 3. The summed E-state index contributed by atoms with van der Waals surface area (Å²) in [5.41, 5.74) is 1.03. The molecule has 0 unspecified atom stereocenters. The molecule has 1 amide bonds. The first-order valence-corrected chi connectivity index (χ1v) is 15.1. The molecule has 9 nitrogen and oxygen atoms in total. The summed E-state index contributed by atoms with van der Waals surface area (Å²) in [6.45, 7) is 10.3. The van der Waals surface area contributed by atoms with Crippen molar-refractivity contribution in [3.63, 3.8) is 0 Å². The predicted octanol–water partition coefficient (Wildman–Crippen LogP) is 6.45. The number of carbonyl (C=O) groups excluding carboxylic acids is 1. The maximum Gasteiger partial charge on any atom is 0.500 e. The second-order valence-electron chi connectivity index (χ2n) is 8.20. The lowest BCUT2D eigenvalue weighted by molar-refractivity contribution is 0.113. The molecule has 2 aromatic rings. The molecule has 0 saturated carbocycles. The van der Waals surface area contributed by atoms with Crippen LogP contribution in [0, 0.1) is 0 Å². The van der Waals surface area contributed by atoms with Gasteiger partial charge in [-0.05, 0) is 31.9 Å². The first kappa shape index (κ1) is 34.4. The fourth-order valence-electron chi connectivity index (χ4n) is 3.23. The molecule has 1 aromatic carbocycles. The average Bonchev–Trinajstić information content (AvgIpc) is 3.42. The number of carbonyl (C=O) groups is 1. The number of benzene rings is 1. The van der Waals surface area contributed by atoms with Crippen LogP contribution in [-0.2, 0) is 18.0 Å². The van der Waals surface area contributed by atoms with Gasteiger partial charge in [-0.15, -0.1) is 0 Å². The van der Waals surface area contributed by atoms with Gasteiger partial charge < -0.3 is 27.7 Å². The highest BCUT2D eigenvalue weighted by Crippen LogP contribution is 2.35. The monoisotopic (exact) mass is 609 g/mol. The summed E-state index contributed by atoms with van der Waals surface area (Å²) in [6.07, 6.45) is 6.35. The molecule has 0 fully saturated rings. The van der Waals surface area contributed by atoms with Gasteiger partial charge in [0.05, 0.1) is 23.2 Å². The lowest BCUT2D eigenvalue weighted by Crippen LogP contribution is -2.42. The van der Waals surface area contributed by atoms with Crippen molar-refractivity contribution in [1.82, 2.24) is 14.5 Å². The van der Waals surface area contributed by atoms with E-state index in [4.69, 9.17) is 57.6 Å². The lowest BCUT2D eigenvalue weighted by atomic mass is 10.3. The van der Waals surface area contributed by atoms with E-state index in [0.29, 0.717) is 47.1 Å². The second-order valence-corrected chi connectivity index (χ2v) is 12.5. The van der Waals surface area contributed by atoms with E-state index in [-0.39, 0.29) is 12.6 Å². The SMILES string of the molecule is C=C(C)COCCC[Si](OC)(OC)OC.CCCN(CCOc1c(Cl)cc(Cl)cc1Cl)C(=O)n1ccnc1. The molecule has 0 atom stereocenters. The van der Waals surface area contributed by atoms with E-state index in [1.165, 1.54) is 10.9 Å². The van der Waals surface area contributed by atoms with Crippen LogP contribution < -0.4 is 4.74 Å². The van der Waals surface area contributed by atoms with Crippen LogP contribution in [0.15, 0.2) is 43.0 Å². The minimum atomic E-state index is -2.40. The van der Waals surface area contributed by atoms with Crippen LogP contribution in [0.3, 0.4) is 0 Å². The van der Waals surface area contributed by atoms with Crippen LogP contribution >= 0.6 is 34.8 Å². The zero-order valence-electron chi connectivity index (χ0n) is 22.7. The van der Waals surface area contributed by atoms with Gasteiger partial charge in [0, 0.05) is 57.9 Å². The summed E-state index contributed by atoms with van der Waals surface area (Å²) < 4.78 is 28.3. The number of nitrogens with zero attached hydrogens (tertiary/aromatic N) is 3. The Kier molecular flexibility index (Phi) is 16.9. The standard InChI is InChI=1S/C15H16Cl3N3O2.C10H22O4Si/c1-2-4-20(15(22)21-5-3-19-10-21)6-7-23-14-12(17)8-11(16)9-13(14)18;1-10(2)9-14-7-6-8-15(11-3,12-4)13-5/h3,5,8-10H,2,4,6-7H2,1H3;1,6-9H2,2-5H3. The van der Waals surface area contributed by atoms with E-state index in [1.54, 1.807) is 50.8 Å². The van der Waals surface area contributed by atoms with Crippen LogP contribution in [0.1, 0.15) is 26.7 Å². The average molecular weight is 611 g/mol. The normalized spacial score (nSPS) is 11.1. The zero-order valence-corrected chi connectivity index (χ0v) is 25.9. The van der Waals surface area contributed by atoms with E-state index in [9.17, 15) is 4.79 Å². The van der Waals surface area contributed by atoms with Crippen molar-refractivity contribution in [2.24, 2.45) is 0 Å². The Hall–Kier alpha value is -1.63. The van der Waals surface area contributed by atoms with Crippen molar-refractivity contribution in [2.75, 3.05) is 54.2 Å². The fourth-order valence-corrected chi connectivity index (χ4v) is 5.84. The Bertz CT molecular complexity index is 946. The van der Waals surface area contributed by atoms with Gasteiger partial charge in [0.1, 0.15) is 12.9 Å². The van der Waals surface area contributed by atoms with E-state index in [0.717, 1.165) is 24.5 Å². The molecule has 0 aliphatic carbocycles. The van der Waals surface area contributed by atoms with Gasteiger partial charge in [0.2, 0.25) is 0 Å². The van der Waals surface area contributed by atoms with Gasteiger partial charge in [-0.25, -0.2) is 9.78 Å². The third kappa shape index (κ3) is 12.0. The molecular formula is C25H38Cl3N3O6Si. The molecule has 2 rings (SSSR count). The van der Waals surface area contributed by atoms with Crippen molar-refractivity contribution in [3.8, 4) is 5.75 Å². The summed E-state index contributed by atoms with van der Waals surface area (Å²) >= 11 is 18.0. The first-order chi connectivity index (χ1) is 18.1. The fraction of sp³-hybridized carbons (Fsp3) is 0.520. The zero-order chi connectivity index (χ0) is 28.6. The number of rotatable bonds is 15. The number of imidazole rings is 1. The van der Waals surface area contributed by atoms with Crippen LogP contribution in [-0.4, -0.2) is 83.5 Å². The molecule has 38 heavy (non-hydrogen) atoms. The third-order valence-corrected chi connectivity index (χ3v) is 8.72. The third-order valence-electron chi connectivity index (χ3n) is 5.11. The summed E-state index contributed by atoms with van der Waals surface area (Å²) in [5.74, 6) is 0.365. The van der Waals surface area contributed by atoms with E-state index in [1.807, 2.05) is 13.8 Å². The highest BCUT2D eigenvalue weighted by atomic mass is 35.5. The van der Waals surface area contributed by atoms with Crippen molar-refractivity contribution < 1.29 is 27.5 Å². The molecule has 0 saturated heterocycles. The maximum atomic E-state index is 12.3. The molecule has 214 valence electrons. The number of aromatic nitrogens is 2. The Labute approximate surface area is 241 Å². The van der Waals surface area contributed by atoms with E-state index >= 15 is 0 Å². The molecule has 0 radical (unpaired) electrons. The lowest BCUT2D eigenvalue weighted by Gasteiger charge is -2.24. The van der Waals surface area contributed by atoms with Crippen molar-refractivity contribution >= 4 is 49.6 Å². The Morgan fingerprint density at radius 2 is 1.71 bits per heavy atom. The molecule has 0 aliphatic heterocycles. The molecule has 0 N–H and O–H groups in total. The predicted molar refractivity (Wildman–Crippen MR) is 154 cm³/mol. The van der Waals surface area contributed by atoms with E-state index < -0.39 is 8.80 Å². The largest absolute Gasteiger partial charge is 0.500 e. The molecule has 13 heteroatoms. The van der Waals surface area contributed by atoms with Crippen LogP contribution in [0.2, 0.25) is 21.1 Å². The number of hydrogen-bond donors (Lipinski definition) is 0. The van der Waals surface area contributed by atoms with Gasteiger partial charge in [-0.1, -0.05) is 53.9 Å². The molecular weight excluding hydrogens is 573 g/mol. The van der Waals surface area contributed by atoms with Gasteiger partial charge in [0.25, 0.3) is 0 Å². The number of hydrogen-bond acceptors (Lipinski definition) is 7. The molecule has 0 aliphatic rings. The van der Waals surface area contributed by atoms with Gasteiger partial charge in [-0.2, -0.15) is 0 Å². The highest BCUT2D eigenvalue weighted by molar-refractivity contribution is 6.60. The van der Waals surface area contributed by atoms with E-state index in [2.05, 4.69) is 11.6 Å². The summed E-state index contributed by atoms with van der Waals surface area (Å²) in [6, 6.07) is 3.74. The minimum Gasteiger partial charge on any atom is -0.489 e. The topological polar surface area (TPSA) is 84.3 Å². The van der Waals surface area contributed by atoms with Crippen LogP contribution in [0.25, 0.3) is 0 Å². The molecule has 0 spiro atoms. The number of amides is 1. The summed E-state index contributed by atoms with van der Waals surface area (Å²) in [7, 11) is 2.46. The second kappa shape index (κ2) is 18.6. The minimum absolute atomic E-state index is 0.152. The smallest absolute Gasteiger partial charge is 0.489 e. The van der Waals surface area contributed by atoms with Crippen LogP contribution in [0.5, 0.6) is 5.75 Å². The number of ether oxygens (including phenoxy) is 2. The molecule has 0 bridgehead atoms. The molecule has 1 aromatic heterocycles. The van der Waals surface area contributed by atoms with Crippen LogP contribution in [0.4, 0.5) is 4.79 Å². The van der Waals surface area contributed by atoms with Crippen molar-refractivity contribution in [3.05, 3.63) is 58.1 Å². The van der Waals surface area contributed by atoms with Gasteiger partial charge in [0.15, 0.2) is 5.75 Å².